The van der Waals surface area contributed by atoms with Crippen molar-refractivity contribution < 1.29 is 0 Å². The van der Waals surface area contributed by atoms with Crippen LogP contribution in [0.4, 0.5) is 0 Å². The lowest BCUT2D eigenvalue weighted by atomic mass is 9.73. The van der Waals surface area contributed by atoms with Crippen molar-refractivity contribution in [3.05, 3.63) is 5.82 Å². The minimum Gasteiger partial charge on any atom is -0.324 e. The van der Waals surface area contributed by atoms with E-state index in [1.807, 2.05) is 0 Å². The second-order valence-corrected chi connectivity index (χ2v) is 5.27. The van der Waals surface area contributed by atoms with Gasteiger partial charge in [-0.3, -0.25) is 0 Å². The van der Waals surface area contributed by atoms with E-state index >= 15 is 0 Å². The fourth-order valence-corrected chi connectivity index (χ4v) is 2.44. The largest absolute Gasteiger partial charge is 0.324 e. The van der Waals surface area contributed by atoms with E-state index in [9.17, 15) is 0 Å². The Morgan fingerprint density at radius 3 is 2.60 bits per heavy atom. The van der Waals surface area contributed by atoms with Crippen LogP contribution in [0.1, 0.15) is 38.9 Å². The van der Waals surface area contributed by atoms with Crippen LogP contribution in [0.2, 0.25) is 0 Å². The van der Waals surface area contributed by atoms with Crippen molar-refractivity contribution in [1.29, 1.82) is 0 Å². The zero-order chi connectivity index (χ0) is 11.1. The Kier molecular flexibility index (Phi) is 2.30. The molecule has 1 aromatic heterocycles. The molecule has 1 aliphatic rings. The molecule has 0 radical (unpaired) electrons. The van der Waals surface area contributed by atoms with Crippen molar-refractivity contribution in [2.75, 3.05) is 0 Å². The minimum atomic E-state index is -0.171. The van der Waals surface area contributed by atoms with Crippen LogP contribution in [0.3, 0.4) is 0 Å². The van der Waals surface area contributed by atoms with Gasteiger partial charge in [0.25, 0.3) is 0 Å². The average Bonchev–Trinajstić information content (AvgIpc) is 2.59. The highest BCUT2D eigenvalue weighted by atomic mass is 15.6. The summed E-state index contributed by atoms with van der Waals surface area (Å²) in [6.07, 6.45) is 4.17. The van der Waals surface area contributed by atoms with E-state index in [4.69, 9.17) is 5.73 Å². The van der Waals surface area contributed by atoms with Crippen LogP contribution in [0.15, 0.2) is 0 Å². The molecule has 1 aromatic rings. The second-order valence-electron chi connectivity index (χ2n) is 5.27. The van der Waals surface area contributed by atoms with Gasteiger partial charge in [-0.25, -0.2) is 0 Å². The van der Waals surface area contributed by atoms with Gasteiger partial charge in [-0.15, -0.1) is 10.2 Å². The average molecular weight is 209 g/mol. The van der Waals surface area contributed by atoms with E-state index in [1.165, 1.54) is 17.6 Å². The molecule has 5 heteroatoms. The maximum absolute atomic E-state index is 6.46. The van der Waals surface area contributed by atoms with Gasteiger partial charge in [0, 0.05) is 12.0 Å². The fourth-order valence-electron chi connectivity index (χ4n) is 2.44. The number of aryl methyl sites for hydroxylation is 1. The Bertz CT molecular complexity index is 356. The molecular weight excluding hydrogens is 190 g/mol. The summed E-state index contributed by atoms with van der Waals surface area (Å²) >= 11 is 0. The standard InChI is InChI=1S/C10H19N5/c1-9(2)5-4-6-10(9,11)7-8-12-14-15(3)13-8/h4-7,11H2,1-3H3. The molecule has 1 atom stereocenters. The summed E-state index contributed by atoms with van der Waals surface area (Å²) in [6.45, 7) is 4.47. The summed E-state index contributed by atoms with van der Waals surface area (Å²) in [5, 5.41) is 12.0. The predicted molar refractivity (Wildman–Crippen MR) is 57.1 cm³/mol. The lowest BCUT2D eigenvalue weighted by Crippen LogP contribution is -2.50. The zero-order valence-corrected chi connectivity index (χ0v) is 9.69. The zero-order valence-electron chi connectivity index (χ0n) is 9.69. The number of aromatic nitrogens is 4. The normalized spacial score (nSPS) is 29.6. The lowest BCUT2D eigenvalue weighted by molar-refractivity contribution is 0.204. The predicted octanol–water partition coefficient (Wildman–Crippen LogP) is 0.660. The molecule has 0 bridgehead atoms. The third-order valence-corrected chi connectivity index (χ3v) is 3.80. The van der Waals surface area contributed by atoms with Crippen molar-refractivity contribution in [3.8, 4) is 0 Å². The minimum absolute atomic E-state index is 0.171. The molecule has 0 aromatic carbocycles. The quantitative estimate of drug-likeness (QED) is 0.777. The number of hydrogen-bond acceptors (Lipinski definition) is 4. The summed E-state index contributed by atoms with van der Waals surface area (Å²) in [5.74, 6) is 0.759. The Morgan fingerprint density at radius 2 is 2.13 bits per heavy atom. The Hall–Kier alpha value is -0.970. The number of tetrazole rings is 1. The molecular formula is C10H19N5. The summed E-state index contributed by atoms with van der Waals surface area (Å²) in [6, 6.07) is 0. The molecule has 0 aliphatic heterocycles. The molecule has 5 nitrogen and oxygen atoms in total. The van der Waals surface area contributed by atoms with Gasteiger partial charge in [0.15, 0.2) is 5.82 Å². The first-order valence-electron chi connectivity index (χ1n) is 5.45. The van der Waals surface area contributed by atoms with Crippen molar-refractivity contribution in [2.45, 2.75) is 45.1 Å². The lowest BCUT2D eigenvalue weighted by Gasteiger charge is -2.37. The molecule has 1 heterocycles. The molecule has 0 amide bonds. The fraction of sp³-hybridized carbons (Fsp3) is 0.900. The van der Waals surface area contributed by atoms with Crippen LogP contribution in [0.25, 0.3) is 0 Å². The van der Waals surface area contributed by atoms with Gasteiger partial charge in [-0.05, 0) is 23.5 Å². The van der Waals surface area contributed by atoms with E-state index < -0.39 is 0 Å². The van der Waals surface area contributed by atoms with Crippen LogP contribution in [0, 0.1) is 5.41 Å². The topological polar surface area (TPSA) is 69.6 Å². The van der Waals surface area contributed by atoms with E-state index in [0.717, 1.165) is 18.7 Å². The second kappa shape index (κ2) is 3.27. The summed E-state index contributed by atoms with van der Waals surface area (Å²) in [7, 11) is 1.78. The third-order valence-electron chi connectivity index (χ3n) is 3.80. The van der Waals surface area contributed by atoms with Gasteiger partial charge in [-0.1, -0.05) is 20.3 Å². The maximum Gasteiger partial charge on any atom is 0.176 e. The van der Waals surface area contributed by atoms with Gasteiger partial charge >= 0.3 is 0 Å². The van der Waals surface area contributed by atoms with Crippen LogP contribution in [0.5, 0.6) is 0 Å². The molecule has 1 fully saturated rings. The number of nitrogens with two attached hydrogens (primary N) is 1. The van der Waals surface area contributed by atoms with Gasteiger partial charge in [-0.2, -0.15) is 4.80 Å². The first kappa shape index (κ1) is 10.5. The highest BCUT2D eigenvalue weighted by molar-refractivity contribution is 5.07. The van der Waals surface area contributed by atoms with Crippen LogP contribution < -0.4 is 5.73 Å². The number of nitrogens with zero attached hydrogens (tertiary/aromatic N) is 4. The maximum atomic E-state index is 6.46. The Balaban J connectivity index is 2.17. The van der Waals surface area contributed by atoms with Gasteiger partial charge in [0.2, 0.25) is 0 Å². The molecule has 2 N–H and O–H groups in total. The summed E-state index contributed by atoms with van der Waals surface area (Å²) in [5.41, 5.74) is 6.46. The molecule has 15 heavy (non-hydrogen) atoms. The van der Waals surface area contributed by atoms with E-state index in [-0.39, 0.29) is 11.0 Å². The van der Waals surface area contributed by atoms with Crippen molar-refractivity contribution >= 4 is 0 Å². The summed E-state index contributed by atoms with van der Waals surface area (Å²) in [4.78, 5) is 1.49. The van der Waals surface area contributed by atoms with Crippen LogP contribution in [-0.2, 0) is 13.5 Å². The molecule has 1 aliphatic carbocycles. The molecule has 0 saturated heterocycles. The van der Waals surface area contributed by atoms with Gasteiger partial charge in [0.05, 0.1) is 7.05 Å². The smallest absolute Gasteiger partial charge is 0.176 e. The van der Waals surface area contributed by atoms with E-state index in [1.54, 1.807) is 7.05 Å². The molecule has 84 valence electrons. The Labute approximate surface area is 90.0 Å². The van der Waals surface area contributed by atoms with E-state index in [2.05, 4.69) is 29.3 Å². The molecule has 1 saturated carbocycles. The monoisotopic (exact) mass is 209 g/mol. The van der Waals surface area contributed by atoms with Crippen molar-refractivity contribution in [3.63, 3.8) is 0 Å². The van der Waals surface area contributed by atoms with Crippen LogP contribution >= 0.6 is 0 Å². The number of rotatable bonds is 2. The first-order valence-corrected chi connectivity index (χ1v) is 5.45. The number of hydrogen-bond donors (Lipinski definition) is 1. The van der Waals surface area contributed by atoms with Crippen molar-refractivity contribution in [1.82, 2.24) is 20.2 Å². The molecule has 0 spiro atoms. The Morgan fingerprint density at radius 1 is 1.40 bits per heavy atom. The first-order chi connectivity index (χ1) is 6.93. The third kappa shape index (κ3) is 1.76. The van der Waals surface area contributed by atoms with Crippen molar-refractivity contribution in [2.24, 2.45) is 18.2 Å². The SMILES string of the molecule is Cn1nnc(CC2(N)CCCC2(C)C)n1. The van der Waals surface area contributed by atoms with Gasteiger partial charge in [0.1, 0.15) is 0 Å². The molecule has 1 unspecified atom stereocenters. The highest BCUT2D eigenvalue weighted by Gasteiger charge is 2.46. The highest BCUT2D eigenvalue weighted by Crippen LogP contribution is 2.45. The van der Waals surface area contributed by atoms with Gasteiger partial charge < -0.3 is 5.73 Å². The molecule has 2 rings (SSSR count). The van der Waals surface area contributed by atoms with E-state index in [0.29, 0.717) is 0 Å². The summed E-state index contributed by atoms with van der Waals surface area (Å²) < 4.78 is 0. The van der Waals surface area contributed by atoms with Crippen LogP contribution in [-0.4, -0.2) is 25.7 Å².